The molecule has 104 heavy (non-hydrogen) atoms. The van der Waals surface area contributed by atoms with Crippen LogP contribution in [0.15, 0.2) is 129 Å². The Kier molecular flexibility index (Phi) is 28.7. The van der Waals surface area contributed by atoms with Crippen LogP contribution in [0.25, 0.3) is 0 Å². The van der Waals surface area contributed by atoms with Crippen LogP contribution >= 0.6 is 58.0 Å². The number of hydrogen-bond acceptors (Lipinski definition) is 22. The summed E-state index contributed by atoms with van der Waals surface area (Å²) < 4.78 is 79.7. The van der Waals surface area contributed by atoms with Crippen LogP contribution in [0.2, 0.25) is 0 Å². The molecule has 39 heteroatoms. The number of anilines is 1. The molecule has 19 atom stereocenters. The molecule has 5 aliphatic rings. The van der Waals surface area contributed by atoms with Gasteiger partial charge in [-0.1, -0.05) is 60.6 Å². The second-order valence-corrected chi connectivity index (χ2v) is 28.0. The van der Waals surface area contributed by atoms with Gasteiger partial charge in [-0.25, -0.2) is 37.1 Å². The van der Waals surface area contributed by atoms with E-state index in [9.17, 15) is 76.7 Å². The van der Waals surface area contributed by atoms with E-state index in [1.807, 2.05) is 32.7 Å². The van der Waals surface area contributed by atoms with E-state index in [0.717, 1.165) is 44.4 Å². The number of nitrogens with two attached hydrogens (primary N) is 1. The first kappa shape index (κ1) is 84.5. The number of aliphatic hydroxyl groups excluding tert-OH is 5. The maximum atomic E-state index is 13.3. The molecule has 0 amide bonds. The molecule has 31 nitrogen and oxygen atoms in total. The number of aromatic amines is 3. The van der Waals surface area contributed by atoms with Crippen molar-refractivity contribution in [2.75, 3.05) is 52.7 Å². The largest absolute Gasteiger partial charge is 0.497 e. The van der Waals surface area contributed by atoms with Crippen molar-refractivity contribution in [3.63, 3.8) is 0 Å². The summed E-state index contributed by atoms with van der Waals surface area (Å²) in [6.07, 6.45) is 1.89. The number of alkyl halides is 8. The van der Waals surface area contributed by atoms with E-state index in [4.69, 9.17) is 97.3 Å². The summed E-state index contributed by atoms with van der Waals surface area (Å²) in [6, 6.07) is 13.4. The molecule has 10 N–H and O–H groups in total. The number of rotatable bonds is 18. The molecule has 0 saturated carbocycles. The SMILES string of the molecule is CCC1(CC)O[C@@H](n2ccc(=O)[nH]c2=O)[C@H](Cl)[C@@H]1C.CC[C@@]1(CF)O[C@@H](n2ccc(=O)[nH]c2=O)[C@H](Cl)[C@@H]1C.CC[C@@]1(CO)O[C@@H](n2ccc(=O)n(Cc3ccc(OC)cc3)c2=O)[C@H](Cl)[C@@H]1C.Nc1ccn([C@@H]2O[C@@](CO)(CF)[C@@H](O)[C@H]2Cl)c(=O)n1.O=c1ccn([C@@H]2O[C@@](CO)(CF)[C@@H](O)[C@H]2Cl)c(=O)[nH]1. The minimum Gasteiger partial charge on any atom is -0.497 e. The maximum Gasteiger partial charge on any atom is 0.351 e. The molecule has 10 heterocycles. The summed E-state index contributed by atoms with van der Waals surface area (Å²) in [5.41, 5.74) is -4.74. The Morgan fingerprint density at radius 2 is 0.817 bits per heavy atom. The first-order valence-electron chi connectivity index (χ1n) is 32.9. The number of benzene rings is 1. The zero-order valence-electron chi connectivity index (χ0n) is 57.6. The minimum absolute atomic E-state index is 0.0184. The molecule has 11 rings (SSSR count). The van der Waals surface area contributed by atoms with E-state index >= 15 is 0 Å². The molecule has 0 aliphatic carbocycles. The monoisotopic (exact) mass is 1570 g/mol. The van der Waals surface area contributed by atoms with E-state index in [2.05, 4.69) is 28.8 Å². The Morgan fingerprint density at radius 1 is 0.481 bits per heavy atom. The number of hydrogen-bond donors (Lipinski definition) is 9. The minimum atomic E-state index is -1.87. The average molecular weight is 1570 g/mol. The van der Waals surface area contributed by atoms with Crippen LogP contribution in [0.4, 0.5) is 19.0 Å². The highest BCUT2D eigenvalue weighted by Crippen LogP contribution is 2.49. The Hall–Kier alpha value is -6.74. The summed E-state index contributed by atoms with van der Waals surface area (Å²) >= 11 is 31.1. The lowest BCUT2D eigenvalue weighted by molar-refractivity contribution is -0.137. The molecule has 1 aromatic carbocycles. The van der Waals surface area contributed by atoms with Gasteiger partial charge in [0, 0.05) is 73.0 Å². The molecule has 5 aliphatic heterocycles. The lowest BCUT2D eigenvalue weighted by Crippen LogP contribution is -2.47. The number of aromatic nitrogens is 10. The molecule has 0 radical (unpaired) electrons. The smallest absolute Gasteiger partial charge is 0.351 e. The molecule has 6 aromatic rings. The highest BCUT2D eigenvalue weighted by molar-refractivity contribution is 6.22. The molecule has 5 saturated heterocycles. The van der Waals surface area contributed by atoms with Gasteiger partial charge < -0.3 is 59.7 Å². The van der Waals surface area contributed by atoms with Gasteiger partial charge in [0.15, 0.2) is 31.1 Å². The number of aliphatic hydroxyl groups is 5. The fraction of sp³-hybridized carbons (Fsp3) is 0.600. The lowest BCUT2D eigenvalue weighted by atomic mass is 9.84. The van der Waals surface area contributed by atoms with Gasteiger partial charge in [0.25, 0.3) is 22.2 Å². The fourth-order valence-electron chi connectivity index (χ4n) is 12.8. The van der Waals surface area contributed by atoms with Gasteiger partial charge in [0.05, 0.1) is 60.8 Å². The third kappa shape index (κ3) is 17.0. The molecule has 5 fully saturated rings. The molecule has 0 bridgehead atoms. The summed E-state index contributed by atoms with van der Waals surface area (Å²) in [6.45, 7) is 9.00. The van der Waals surface area contributed by atoms with Gasteiger partial charge in [-0.15, -0.1) is 58.0 Å². The summed E-state index contributed by atoms with van der Waals surface area (Å²) in [5, 5.41) is 44.3. The summed E-state index contributed by atoms with van der Waals surface area (Å²) in [7, 11) is 1.57. The molecular weight excluding hydrogens is 1490 g/mol. The van der Waals surface area contributed by atoms with Crippen LogP contribution in [0.5, 0.6) is 5.75 Å². The van der Waals surface area contributed by atoms with Gasteiger partial charge in [0.2, 0.25) is 0 Å². The number of ether oxygens (including phenoxy) is 6. The van der Waals surface area contributed by atoms with Gasteiger partial charge in [-0.2, -0.15) is 4.98 Å². The first-order valence-corrected chi connectivity index (χ1v) is 35.0. The summed E-state index contributed by atoms with van der Waals surface area (Å²) in [5.74, 6) is 0.439. The standard InChI is InChI=1S/C20H25ClN2O5.C13H19ClN2O3.C12H16ClFN2O3.C10H13ClFN3O4.C10H12ClFN2O5/c1-4-20(12-24)13(2)17(21)18(28-20)22-10-9-16(25)23(19(22)26)11-14-5-7-15(27-3)8-6-14;1-4-13(5-2)8(3)10(14)11(19-13)16-7-6-9(17)15-12(16)18;1-3-12(6-14)7(2)9(13)10(19-12)16-5-4-8(17)15-11(16)18;11-6-7(17)10(3-12,4-16)19-8(6)15-2-1-5(13)14-9(15)18;11-6-7(17)10(3-12,4-15)19-8(6)14-2-1-5(16)13-9(14)18/h5-10,13,17-18,24H,4,11-12H2,1-3H3;6-8,10-11H,4-5H2,1-3H3,(H,15,17,18);4-5,7,9-10H,3,6H2,1-2H3,(H,15,17,18);1-2,6-8,16-17H,3-4H2,(H2,13,14,18);1-2,6-8,15,17H,3-4H2,(H,13,16,18)/t13-,17+,18+,20-;8-,10+,11+;7-,9+,10+,12-;2*6-,7+,8-,10-/m00011/s1. The predicted molar refractivity (Wildman–Crippen MR) is 376 cm³/mol. The third-order valence-corrected chi connectivity index (χ3v) is 22.7. The Labute approximate surface area is 615 Å². The van der Waals surface area contributed by atoms with E-state index in [0.29, 0.717) is 18.6 Å². The van der Waals surface area contributed by atoms with Crippen LogP contribution < -0.4 is 61.2 Å². The van der Waals surface area contributed by atoms with Crippen LogP contribution in [0.3, 0.4) is 0 Å². The second kappa shape index (κ2) is 35.3. The fourth-order valence-corrected chi connectivity index (χ4v) is 14.8. The highest BCUT2D eigenvalue weighted by Gasteiger charge is 2.58. The Morgan fingerprint density at radius 3 is 1.15 bits per heavy atom. The number of nitrogens with one attached hydrogen (secondary N) is 3. The number of nitrogen functional groups attached to an aromatic ring is 1. The third-order valence-electron chi connectivity index (χ3n) is 20.0. The molecule has 5 aromatic heterocycles. The van der Waals surface area contributed by atoms with Crippen molar-refractivity contribution in [1.82, 2.24) is 47.3 Å². The highest BCUT2D eigenvalue weighted by atomic mass is 35.5. The van der Waals surface area contributed by atoms with E-state index in [1.165, 1.54) is 62.8 Å². The van der Waals surface area contributed by atoms with E-state index < -0.39 is 171 Å². The maximum absolute atomic E-state index is 13.3. The van der Waals surface area contributed by atoms with Crippen molar-refractivity contribution in [2.24, 2.45) is 17.8 Å². The van der Waals surface area contributed by atoms with Crippen molar-refractivity contribution in [2.45, 2.75) is 179 Å². The zero-order valence-corrected chi connectivity index (χ0v) is 61.4. The topological polar surface area (TPSA) is 426 Å². The molecular formula is C65H85Cl5F3N11O20. The van der Waals surface area contributed by atoms with Crippen molar-refractivity contribution in [3.05, 3.63) is 185 Å². The van der Waals surface area contributed by atoms with Crippen molar-refractivity contribution in [1.29, 1.82) is 0 Å². The van der Waals surface area contributed by atoms with E-state index in [-0.39, 0.29) is 47.7 Å². The zero-order chi connectivity index (χ0) is 77.3. The van der Waals surface area contributed by atoms with E-state index in [1.54, 1.807) is 38.3 Å². The van der Waals surface area contributed by atoms with Gasteiger partial charge >= 0.3 is 28.4 Å². The quantitative estimate of drug-likeness (QED) is 0.0558. The van der Waals surface area contributed by atoms with Gasteiger partial charge in [0.1, 0.15) is 71.4 Å². The van der Waals surface area contributed by atoms with Crippen LogP contribution in [0, 0.1) is 17.8 Å². The number of halogens is 8. The first-order chi connectivity index (χ1) is 49.2. The number of H-pyrrole nitrogens is 3. The summed E-state index contributed by atoms with van der Waals surface area (Å²) in [4.78, 5) is 115. The Balaban J connectivity index is 0.000000184. The normalized spacial score (nSPS) is 31.7. The average Bonchev–Trinajstić information content (AvgIpc) is 1.91. The van der Waals surface area contributed by atoms with Crippen LogP contribution in [0.1, 0.15) is 111 Å². The number of nitrogens with zero attached hydrogens (tertiary/aromatic N) is 7. The van der Waals surface area contributed by atoms with Crippen LogP contribution in [-0.4, -0.2) is 187 Å². The molecule has 576 valence electrons. The van der Waals surface area contributed by atoms with Crippen molar-refractivity contribution >= 4 is 63.8 Å². The number of methoxy groups -OCH3 is 1. The predicted octanol–water partition coefficient (Wildman–Crippen LogP) is 3.03. The Bertz CT molecular complexity index is 4180. The second-order valence-electron chi connectivity index (χ2n) is 25.5. The van der Waals surface area contributed by atoms with Gasteiger partial charge in [-0.3, -0.25) is 61.5 Å². The lowest BCUT2D eigenvalue weighted by Gasteiger charge is -2.30. The molecule has 0 unspecified atom stereocenters. The van der Waals surface area contributed by atoms with Gasteiger partial charge in [-0.05, 0) is 49.4 Å². The van der Waals surface area contributed by atoms with Crippen molar-refractivity contribution < 1.29 is 67.1 Å². The van der Waals surface area contributed by atoms with Crippen LogP contribution in [-0.2, 0) is 30.2 Å². The van der Waals surface area contributed by atoms with Crippen molar-refractivity contribution in [3.8, 4) is 5.75 Å². The molecule has 0 spiro atoms.